The molecule has 10 heteroatoms. The number of carbonyl (C=O) groups is 1. The number of aliphatic hydroxyl groups excluding tert-OH is 1. The highest BCUT2D eigenvalue weighted by molar-refractivity contribution is 7.92. The van der Waals surface area contributed by atoms with Crippen molar-refractivity contribution in [1.82, 2.24) is 10.6 Å². The van der Waals surface area contributed by atoms with Crippen LogP contribution in [0.25, 0.3) is 0 Å². The molecule has 4 N–H and O–H groups in total. The summed E-state index contributed by atoms with van der Waals surface area (Å²) in [5.41, 5.74) is 2.59. The van der Waals surface area contributed by atoms with E-state index in [-0.39, 0.29) is 17.7 Å². The fraction of sp³-hybridized carbons (Fsp3) is 0.621. The van der Waals surface area contributed by atoms with Gasteiger partial charge in [0.15, 0.2) is 0 Å². The summed E-state index contributed by atoms with van der Waals surface area (Å²) >= 11 is 1.58. The molecule has 2 heterocycles. The molecule has 0 saturated carbocycles. The Kier molecular flexibility index (Phi) is 12.1. The van der Waals surface area contributed by atoms with Crippen LogP contribution in [-0.2, 0) is 16.4 Å². The molecule has 0 aliphatic carbocycles. The lowest BCUT2D eigenvalue weighted by Gasteiger charge is -2.29. The molecule has 1 aliphatic rings. The van der Waals surface area contributed by atoms with E-state index in [9.17, 15) is 18.3 Å². The van der Waals surface area contributed by atoms with Crippen molar-refractivity contribution in [3.63, 3.8) is 0 Å². The third-order valence-corrected chi connectivity index (χ3v) is 9.71. The van der Waals surface area contributed by atoms with Gasteiger partial charge in [-0.1, -0.05) is 26.7 Å². The van der Waals surface area contributed by atoms with Gasteiger partial charge in [-0.05, 0) is 86.0 Å². The molecule has 39 heavy (non-hydrogen) atoms. The Morgan fingerprint density at radius 2 is 1.95 bits per heavy atom. The first kappa shape index (κ1) is 31.4. The van der Waals surface area contributed by atoms with E-state index in [1.54, 1.807) is 29.5 Å². The van der Waals surface area contributed by atoms with E-state index in [1.807, 2.05) is 23.8 Å². The molecule has 0 spiro atoms. The number of carbonyl (C=O) groups excluding carboxylic acids is 1. The summed E-state index contributed by atoms with van der Waals surface area (Å²) in [6, 6.07) is 6.92. The molecule has 3 atom stereocenters. The number of nitrogens with zero attached hydrogens (tertiary/aromatic N) is 1. The summed E-state index contributed by atoms with van der Waals surface area (Å²) in [6.07, 6.45) is 4.48. The molecular weight excluding hydrogens is 532 g/mol. The highest BCUT2D eigenvalue weighted by atomic mass is 32.2. The second kappa shape index (κ2) is 15.0. The molecule has 8 nitrogen and oxygen atoms in total. The van der Waals surface area contributed by atoms with Crippen molar-refractivity contribution in [2.75, 3.05) is 35.0 Å². The molecule has 1 amide bonds. The van der Waals surface area contributed by atoms with Crippen LogP contribution in [0.5, 0.6) is 0 Å². The summed E-state index contributed by atoms with van der Waals surface area (Å²) < 4.78 is 27.0. The Balaban J connectivity index is 1.76. The second-order valence-electron chi connectivity index (χ2n) is 11.0. The van der Waals surface area contributed by atoms with Crippen LogP contribution in [0, 0.1) is 5.92 Å². The van der Waals surface area contributed by atoms with Gasteiger partial charge in [0.1, 0.15) is 0 Å². The normalized spacial score (nSPS) is 17.5. The Morgan fingerprint density at radius 1 is 1.15 bits per heavy atom. The summed E-state index contributed by atoms with van der Waals surface area (Å²) in [7, 11) is -3.42. The number of amides is 1. The molecule has 1 fully saturated rings. The van der Waals surface area contributed by atoms with Gasteiger partial charge >= 0.3 is 0 Å². The number of benzene rings is 1. The van der Waals surface area contributed by atoms with Crippen molar-refractivity contribution in [2.45, 2.75) is 84.4 Å². The molecule has 1 aromatic carbocycles. The third-order valence-electron chi connectivity index (χ3n) is 7.11. The largest absolute Gasteiger partial charge is 0.390 e. The minimum Gasteiger partial charge on any atom is -0.390 e. The van der Waals surface area contributed by atoms with E-state index in [4.69, 9.17) is 0 Å². The third kappa shape index (κ3) is 9.77. The van der Waals surface area contributed by atoms with Crippen LogP contribution >= 0.6 is 11.3 Å². The van der Waals surface area contributed by atoms with E-state index in [0.717, 1.165) is 24.8 Å². The van der Waals surface area contributed by atoms with E-state index in [1.165, 1.54) is 10.7 Å². The number of sulfonamides is 1. The zero-order valence-corrected chi connectivity index (χ0v) is 25.4. The fourth-order valence-electron chi connectivity index (χ4n) is 4.87. The molecule has 0 radical (unpaired) electrons. The number of hydrogen-bond acceptors (Lipinski definition) is 7. The maximum atomic E-state index is 13.5. The number of rotatable bonds is 15. The Morgan fingerprint density at radius 3 is 2.62 bits per heavy atom. The smallest absolute Gasteiger partial charge is 0.251 e. The molecule has 1 saturated heterocycles. The highest BCUT2D eigenvalue weighted by Gasteiger charge is 2.28. The van der Waals surface area contributed by atoms with Gasteiger partial charge in [0.05, 0.1) is 23.6 Å². The first-order valence-electron chi connectivity index (χ1n) is 14.2. The maximum absolute atomic E-state index is 13.5. The van der Waals surface area contributed by atoms with E-state index < -0.39 is 22.2 Å². The SMILES string of the molecule is CCNc1cc(C(=O)N[C@@H](Cc2ccsc2)[C@H](O)CNC(C)CCCC(C)C)cc(N2CCCCS2(=O)=O)c1. The Labute approximate surface area is 238 Å². The number of aliphatic hydroxyl groups is 1. The second-order valence-corrected chi connectivity index (χ2v) is 13.8. The zero-order chi connectivity index (χ0) is 28.4. The Hall–Kier alpha value is -2.14. The minimum atomic E-state index is -3.42. The molecule has 1 unspecified atom stereocenters. The van der Waals surface area contributed by atoms with Gasteiger partial charge < -0.3 is 21.1 Å². The number of hydrogen-bond donors (Lipinski definition) is 4. The minimum absolute atomic E-state index is 0.109. The summed E-state index contributed by atoms with van der Waals surface area (Å²) in [4.78, 5) is 13.5. The topological polar surface area (TPSA) is 111 Å². The van der Waals surface area contributed by atoms with Crippen molar-refractivity contribution in [1.29, 1.82) is 0 Å². The summed E-state index contributed by atoms with van der Waals surface area (Å²) in [5.74, 6) is 0.446. The van der Waals surface area contributed by atoms with Crippen LogP contribution in [-0.4, -0.2) is 63.0 Å². The number of thiophene rings is 1. The van der Waals surface area contributed by atoms with Gasteiger partial charge in [0, 0.05) is 36.9 Å². The number of nitrogens with one attached hydrogen (secondary N) is 3. The van der Waals surface area contributed by atoms with Gasteiger partial charge in [-0.15, -0.1) is 0 Å². The lowest BCUT2D eigenvalue weighted by atomic mass is 10.0. The molecule has 2 aromatic rings. The molecule has 218 valence electrons. The number of anilines is 2. The summed E-state index contributed by atoms with van der Waals surface area (Å²) in [6.45, 7) is 9.93. The maximum Gasteiger partial charge on any atom is 0.251 e. The molecule has 1 aliphatic heterocycles. The van der Waals surface area contributed by atoms with Crippen molar-refractivity contribution >= 4 is 38.6 Å². The van der Waals surface area contributed by atoms with Crippen LogP contribution in [0.15, 0.2) is 35.0 Å². The predicted molar refractivity (Wildman–Crippen MR) is 162 cm³/mol. The van der Waals surface area contributed by atoms with Gasteiger partial charge in [-0.25, -0.2) is 8.42 Å². The standard InChI is InChI=1S/C29H46N4O4S2/c1-5-30-25-16-24(17-26(18-25)33-12-6-7-14-39(33,36)37)29(35)32-27(15-23-11-13-38-20-23)28(34)19-31-22(4)10-8-9-21(2)3/h11,13,16-18,20-22,27-28,30-31,34H,5-10,12,14-15,19H2,1-4H3,(H,32,35)/t22?,27-,28+/m0/s1. The summed E-state index contributed by atoms with van der Waals surface area (Å²) in [5, 5.41) is 24.9. The van der Waals surface area contributed by atoms with Crippen molar-refractivity contribution in [3.05, 3.63) is 46.2 Å². The lowest BCUT2D eigenvalue weighted by Crippen LogP contribution is -2.49. The lowest BCUT2D eigenvalue weighted by molar-refractivity contribution is 0.0825. The van der Waals surface area contributed by atoms with Crippen molar-refractivity contribution in [3.8, 4) is 0 Å². The predicted octanol–water partition coefficient (Wildman–Crippen LogP) is 4.62. The van der Waals surface area contributed by atoms with E-state index >= 15 is 0 Å². The van der Waals surface area contributed by atoms with Gasteiger partial charge in [-0.3, -0.25) is 9.10 Å². The van der Waals surface area contributed by atoms with Crippen LogP contribution in [0.1, 0.15) is 75.7 Å². The van der Waals surface area contributed by atoms with Gasteiger partial charge in [0.25, 0.3) is 5.91 Å². The van der Waals surface area contributed by atoms with E-state index in [2.05, 4.69) is 36.7 Å². The average molecular weight is 579 g/mol. The highest BCUT2D eigenvalue weighted by Crippen LogP contribution is 2.28. The quantitative estimate of drug-likeness (QED) is 0.246. The van der Waals surface area contributed by atoms with Gasteiger partial charge in [-0.2, -0.15) is 11.3 Å². The molecule has 3 rings (SSSR count). The fourth-order valence-corrected chi connectivity index (χ4v) is 7.17. The Bertz CT molecular complexity index is 1140. The molecule has 0 bridgehead atoms. The van der Waals surface area contributed by atoms with Crippen LogP contribution in [0.2, 0.25) is 0 Å². The molecule has 1 aromatic heterocycles. The van der Waals surface area contributed by atoms with Crippen LogP contribution in [0.3, 0.4) is 0 Å². The first-order chi connectivity index (χ1) is 18.6. The monoisotopic (exact) mass is 578 g/mol. The van der Waals surface area contributed by atoms with Crippen molar-refractivity contribution < 1.29 is 18.3 Å². The first-order valence-corrected chi connectivity index (χ1v) is 16.8. The van der Waals surface area contributed by atoms with Gasteiger partial charge in [0.2, 0.25) is 10.0 Å². The van der Waals surface area contributed by atoms with Crippen LogP contribution in [0.4, 0.5) is 11.4 Å². The average Bonchev–Trinajstić information content (AvgIpc) is 3.39. The van der Waals surface area contributed by atoms with E-state index in [0.29, 0.717) is 55.3 Å². The zero-order valence-electron chi connectivity index (χ0n) is 23.8. The molecular formula is C29H46N4O4S2. The van der Waals surface area contributed by atoms with Crippen molar-refractivity contribution in [2.24, 2.45) is 5.92 Å². The van der Waals surface area contributed by atoms with Crippen LogP contribution < -0.4 is 20.3 Å².